The maximum absolute atomic E-state index is 12.2. The predicted octanol–water partition coefficient (Wildman–Crippen LogP) is 0.344. The minimum Gasteiger partial charge on any atom is -0.388 e. The van der Waals surface area contributed by atoms with Crippen LogP contribution in [0.25, 0.3) is 0 Å². The van der Waals surface area contributed by atoms with Gasteiger partial charge in [0.2, 0.25) is 5.91 Å². The smallest absolute Gasteiger partial charge is 0.245 e. The van der Waals surface area contributed by atoms with Crippen LogP contribution in [0.5, 0.6) is 0 Å². The maximum Gasteiger partial charge on any atom is 0.245 e. The molecule has 1 saturated heterocycles. The van der Waals surface area contributed by atoms with Crippen molar-refractivity contribution in [1.29, 1.82) is 0 Å². The molecule has 17 heavy (non-hydrogen) atoms. The molecule has 6 heteroatoms. The van der Waals surface area contributed by atoms with Gasteiger partial charge in [0.1, 0.15) is 19.0 Å². The maximum atomic E-state index is 12.2. The normalized spacial score (nSPS) is 18.1. The van der Waals surface area contributed by atoms with Crippen molar-refractivity contribution < 1.29 is 9.90 Å². The van der Waals surface area contributed by atoms with E-state index in [1.165, 1.54) is 12.7 Å². The van der Waals surface area contributed by atoms with Gasteiger partial charge in [-0.2, -0.15) is 0 Å². The van der Waals surface area contributed by atoms with E-state index in [0.717, 1.165) is 25.9 Å². The van der Waals surface area contributed by atoms with Crippen molar-refractivity contribution in [2.24, 2.45) is 0 Å². The monoisotopic (exact) mass is 238 g/mol. The summed E-state index contributed by atoms with van der Waals surface area (Å²) in [5, 5.41) is 16.6. The van der Waals surface area contributed by atoms with Crippen molar-refractivity contribution >= 4 is 5.91 Å². The molecule has 0 spiro atoms. The van der Waals surface area contributed by atoms with E-state index >= 15 is 0 Å². The van der Waals surface area contributed by atoms with Gasteiger partial charge < -0.3 is 14.6 Å². The van der Waals surface area contributed by atoms with Crippen LogP contribution < -0.4 is 0 Å². The van der Waals surface area contributed by atoms with E-state index in [4.69, 9.17) is 5.11 Å². The number of hydrogen-bond acceptors (Lipinski definition) is 4. The number of piperidine rings is 1. The topological polar surface area (TPSA) is 71.2 Å². The van der Waals surface area contributed by atoms with E-state index in [1.807, 2.05) is 11.8 Å². The van der Waals surface area contributed by atoms with Gasteiger partial charge in [-0.1, -0.05) is 0 Å². The van der Waals surface area contributed by atoms with E-state index in [2.05, 4.69) is 10.2 Å². The summed E-state index contributed by atoms with van der Waals surface area (Å²) in [4.78, 5) is 14.1. The Hall–Kier alpha value is -1.43. The Kier molecular flexibility index (Phi) is 3.73. The highest BCUT2D eigenvalue weighted by atomic mass is 16.3. The molecule has 2 heterocycles. The SMILES string of the molecule is CC(C(=O)N1CCCCC1)n1cnnc1CO. The van der Waals surface area contributed by atoms with E-state index in [-0.39, 0.29) is 18.6 Å². The van der Waals surface area contributed by atoms with Gasteiger partial charge in [-0.15, -0.1) is 10.2 Å². The predicted molar refractivity (Wildman–Crippen MR) is 61.1 cm³/mol. The molecule has 2 rings (SSSR count). The summed E-state index contributed by atoms with van der Waals surface area (Å²) in [6.45, 7) is 3.29. The number of aromatic nitrogens is 3. The molecule has 1 atom stereocenters. The first-order chi connectivity index (χ1) is 8.24. The number of likely N-dealkylation sites (tertiary alicyclic amines) is 1. The number of nitrogens with zero attached hydrogens (tertiary/aromatic N) is 4. The summed E-state index contributed by atoms with van der Waals surface area (Å²) in [6.07, 6.45) is 4.85. The van der Waals surface area contributed by atoms with Crippen LogP contribution in [0.3, 0.4) is 0 Å². The van der Waals surface area contributed by atoms with Crippen molar-refractivity contribution in [2.75, 3.05) is 13.1 Å². The molecule has 0 saturated carbocycles. The molecule has 1 N–H and O–H groups in total. The van der Waals surface area contributed by atoms with Crippen LogP contribution in [0.15, 0.2) is 6.33 Å². The molecule has 1 aliphatic rings. The van der Waals surface area contributed by atoms with Crippen molar-refractivity contribution in [1.82, 2.24) is 19.7 Å². The van der Waals surface area contributed by atoms with Crippen molar-refractivity contribution in [2.45, 2.75) is 38.8 Å². The van der Waals surface area contributed by atoms with Gasteiger partial charge in [-0.05, 0) is 26.2 Å². The second-order valence-corrected chi connectivity index (χ2v) is 4.37. The average Bonchev–Trinajstić information content (AvgIpc) is 2.86. The minimum absolute atomic E-state index is 0.0826. The first-order valence-corrected chi connectivity index (χ1v) is 6.02. The van der Waals surface area contributed by atoms with Crippen LogP contribution in [0.4, 0.5) is 0 Å². The van der Waals surface area contributed by atoms with E-state index in [1.54, 1.807) is 4.57 Å². The van der Waals surface area contributed by atoms with Gasteiger partial charge in [0.25, 0.3) is 0 Å². The van der Waals surface area contributed by atoms with Crippen molar-refractivity contribution in [3.05, 3.63) is 12.2 Å². The summed E-state index contributed by atoms with van der Waals surface area (Å²) in [5.74, 6) is 0.516. The number of hydrogen-bond donors (Lipinski definition) is 1. The van der Waals surface area contributed by atoms with E-state index in [9.17, 15) is 4.79 Å². The van der Waals surface area contributed by atoms with Crippen LogP contribution in [-0.2, 0) is 11.4 Å². The lowest BCUT2D eigenvalue weighted by molar-refractivity contribution is -0.135. The zero-order valence-corrected chi connectivity index (χ0v) is 10.0. The molecule has 0 bridgehead atoms. The molecule has 1 aromatic rings. The van der Waals surface area contributed by atoms with Crippen LogP contribution in [-0.4, -0.2) is 43.8 Å². The summed E-state index contributed by atoms with van der Waals surface area (Å²) in [6, 6.07) is -0.342. The Bertz CT molecular complexity index is 385. The summed E-state index contributed by atoms with van der Waals surface area (Å²) in [5.41, 5.74) is 0. The summed E-state index contributed by atoms with van der Waals surface area (Å²) in [7, 11) is 0. The lowest BCUT2D eigenvalue weighted by Crippen LogP contribution is -2.39. The lowest BCUT2D eigenvalue weighted by Gasteiger charge is -2.29. The Morgan fingerprint density at radius 1 is 1.47 bits per heavy atom. The highest BCUT2D eigenvalue weighted by Crippen LogP contribution is 2.16. The van der Waals surface area contributed by atoms with Gasteiger partial charge in [0.05, 0.1) is 0 Å². The summed E-state index contributed by atoms with van der Waals surface area (Å²) >= 11 is 0. The standard InChI is InChI=1S/C11H18N4O2/c1-9(15-8-12-13-10(15)7-16)11(17)14-5-3-2-4-6-14/h8-9,16H,2-7H2,1H3. The molecule has 0 radical (unpaired) electrons. The van der Waals surface area contributed by atoms with Gasteiger partial charge in [-0.3, -0.25) is 4.79 Å². The number of rotatable bonds is 3. The second kappa shape index (κ2) is 5.27. The molecule has 0 aromatic carbocycles. The van der Waals surface area contributed by atoms with Crippen LogP contribution in [0.1, 0.15) is 38.1 Å². The Labute approximate surface area is 100 Å². The van der Waals surface area contributed by atoms with Crippen LogP contribution >= 0.6 is 0 Å². The fourth-order valence-electron chi connectivity index (χ4n) is 2.20. The van der Waals surface area contributed by atoms with Crippen LogP contribution in [0, 0.1) is 0 Å². The number of carbonyl (C=O) groups excluding carboxylic acids is 1. The first-order valence-electron chi connectivity index (χ1n) is 6.02. The Morgan fingerprint density at radius 3 is 2.82 bits per heavy atom. The fraction of sp³-hybridized carbons (Fsp3) is 0.727. The largest absolute Gasteiger partial charge is 0.388 e. The van der Waals surface area contributed by atoms with Gasteiger partial charge in [0, 0.05) is 13.1 Å². The molecule has 0 aliphatic carbocycles. The third-order valence-electron chi connectivity index (χ3n) is 3.23. The molecule has 6 nitrogen and oxygen atoms in total. The minimum atomic E-state index is -0.342. The number of carbonyl (C=O) groups is 1. The third-order valence-corrected chi connectivity index (χ3v) is 3.23. The quantitative estimate of drug-likeness (QED) is 0.824. The number of aliphatic hydroxyl groups excluding tert-OH is 1. The molecular formula is C11H18N4O2. The second-order valence-electron chi connectivity index (χ2n) is 4.37. The zero-order valence-electron chi connectivity index (χ0n) is 10.0. The average molecular weight is 238 g/mol. The molecule has 1 aromatic heterocycles. The highest BCUT2D eigenvalue weighted by Gasteiger charge is 2.24. The van der Waals surface area contributed by atoms with Gasteiger partial charge >= 0.3 is 0 Å². The molecular weight excluding hydrogens is 220 g/mol. The van der Waals surface area contributed by atoms with Gasteiger partial charge in [-0.25, -0.2) is 0 Å². The van der Waals surface area contributed by atoms with Crippen molar-refractivity contribution in [3.8, 4) is 0 Å². The first kappa shape index (κ1) is 12.0. The molecule has 1 aliphatic heterocycles. The number of amides is 1. The lowest BCUT2D eigenvalue weighted by atomic mass is 10.1. The highest BCUT2D eigenvalue weighted by molar-refractivity contribution is 5.80. The Balaban J connectivity index is 2.08. The fourth-order valence-corrected chi connectivity index (χ4v) is 2.20. The molecule has 1 fully saturated rings. The summed E-state index contributed by atoms with van der Waals surface area (Å²) < 4.78 is 1.64. The zero-order chi connectivity index (χ0) is 12.3. The molecule has 1 unspecified atom stereocenters. The number of aliphatic hydroxyl groups is 1. The molecule has 94 valence electrons. The Morgan fingerprint density at radius 2 is 2.18 bits per heavy atom. The van der Waals surface area contributed by atoms with E-state index < -0.39 is 0 Å². The van der Waals surface area contributed by atoms with Crippen LogP contribution in [0.2, 0.25) is 0 Å². The van der Waals surface area contributed by atoms with Gasteiger partial charge in [0.15, 0.2) is 5.82 Å². The van der Waals surface area contributed by atoms with Crippen molar-refractivity contribution in [3.63, 3.8) is 0 Å². The van der Waals surface area contributed by atoms with E-state index in [0.29, 0.717) is 5.82 Å². The third kappa shape index (κ3) is 2.46. The molecule has 1 amide bonds.